The van der Waals surface area contributed by atoms with Crippen molar-refractivity contribution < 1.29 is 4.79 Å². The molecule has 1 aliphatic rings. The van der Waals surface area contributed by atoms with Gasteiger partial charge >= 0.3 is 6.03 Å². The summed E-state index contributed by atoms with van der Waals surface area (Å²) in [5.74, 6) is 1.01. The number of amides is 2. The van der Waals surface area contributed by atoms with Crippen molar-refractivity contribution in [2.45, 2.75) is 13.0 Å². The van der Waals surface area contributed by atoms with Crippen LogP contribution < -0.4 is 5.32 Å². The molecule has 118 valence electrons. The van der Waals surface area contributed by atoms with Gasteiger partial charge in [-0.2, -0.15) is 11.3 Å². The number of nitrogens with zero attached hydrogens (tertiary/aromatic N) is 4. The number of nitrogens with one attached hydrogen (secondary N) is 1. The molecule has 22 heavy (non-hydrogen) atoms. The van der Waals surface area contributed by atoms with Gasteiger partial charge in [-0.3, -0.25) is 4.90 Å². The smallest absolute Gasteiger partial charge is 0.321 e. The van der Waals surface area contributed by atoms with Gasteiger partial charge in [0.25, 0.3) is 0 Å². The zero-order chi connectivity index (χ0) is 15.5. The van der Waals surface area contributed by atoms with Crippen molar-refractivity contribution in [1.82, 2.24) is 19.4 Å². The Morgan fingerprint density at radius 3 is 3.00 bits per heavy atom. The van der Waals surface area contributed by atoms with E-state index in [1.807, 2.05) is 45.7 Å². The van der Waals surface area contributed by atoms with Crippen LogP contribution in [0.15, 0.2) is 29.2 Å². The third-order valence-corrected chi connectivity index (χ3v) is 4.80. The second kappa shape index (κ2) is 6.50. The van der Waals surface area contributed by atoms with Crippen molar-refractivity contribution in [3.05, 3.63) is 35.0 Å². The summed E-state index contributed by atoms with van der Waals surface area (Å²) >= 11 is 1.58. The number of carbonyl (C=O) groups is 1. The first-order valence-corrected chi connectivity index (χ1v) is 8.42. The molecule has 1 atom stereocenters. The molecule has 0 saturated carbocycles. The van der Waals surface area contributed by atoms with Crippen LogP contribution in [0.1, 0.15) is 18.8 Å². The van der Waals surface area contributed by atoms with Crippen LogP contribution in [0.3, 0.4) is 0 Å². The number of imidazole rings is 1. The molecule has 1 fully saturated rings. The fourth-order valence-electron chi connectivity index (χ4n) is 2.86. The SMILES string of the molecule is CCN1CCN(C(=O)Nc2ccsc2)C[C@H]1c1nccn1C. The lowest BCUT2D eigenvalue weighted by Crippen LogP contribution is -2.52. The molecule has 1 N–H and O–H groups in total. The predicted molar refractivity (Wildman–Crippen MR) is 88.1 cm³/mol. The first-order valence-electron chi connectivity index (χ1n) is 7.48. The maximum Gasteiger partial charge on any atom is 0.321 e. The molecule has 1 aliphatic heterocycles. The van der Waals surface area contributed by atoms with E-state index in [4.69, 9.17) is 0 Å². The Hall–Kier alpha value is -1.86. The van der Waals surface area contributed by atoms with Crippen LogP contribution in [-0.2, 0) is 7.05 Å². The van der Waals surface area contributed by atoms with E-state index < -0.39 is 0 Å². The molecule has 2 aromatic heterocycles. The maximum absolute atomic E-state index is 12.4. The van der Waals surface area contributed by atoms with E-state index in [1.54, 1.807) is 11.3 Å². The molecule has 0 bridgehead atoms. The van der Waals surface area contributed by atoms with Gasteiger partial charge in [0.15, 0.2) is 0 Å². The zero-order valence-corrected chi connectivity index (χ0v) is 13.7. The highest BCUT2D eigenvalue weighted by molar-refractivity contribution is 7.08. The lowest BCUT2D eigenvalue weighted by Gasteiger charge is -2.40. The van der Waals surface area contributed by atoms with Crippen LogP contribution >= 0.6 is 11.3 Å². The average molecular weight is 319 g/mol. The summed E-state index contributed by atoms with van der Waals surface area (Å²) < 4.78 is 2.04. The molecule has 0 radical (unpaired) electrons. The Bertz CT molecular complexity index is 624. The number of anilines is 1. The van der Waals surface area contributed by atoms with Crippen LogP contribution in [0.4, 0.5) is 10.5 Å². The minimum atomic E-state index is -0.0339. The molecule has 7 heteroatoms. The van der Waals surface area contributed by atoms with Crippen molar-refractivity contribution >= 4 is 23.1 Å². The highest BCUT2D eigenvalue weighted by atomic mass is 32.1. The predicted octanol–water partition coefficient (Wildman–Crippen LogP) is 2.39. The Labute approximate surface area is 134 Å². The molecule has 1 saturated heterocycles. The monoisotopic (exact) mass is 319 g/mol. The number of hydrogen-bond acceptors (Lipinski definition) is 4. The Balaban J connectivity index is 1.73. The number of likely N-dealkylation sites (N-methyl/N-ethyl adjacent to an activating group) is 1. The molecule has 2 amide bonds. The van der Waals surface area contributed by atoms with Crippen LogP contribution in [0.5, 0.6) is 0 Å². The summed E-state index contributed by atoms with van der Waals surface area (Å²) in [6.07, 6.45) is 3.76. The minimum Gasteiger partial charge on any atom is -0.337 e. The van der Waals surface area contributed by atoms with Crippen molar-refractivity contribution in [3.63, 3.8) is 0 Å². The molecule has 0 aliphatic carbocycles. The molecular weight excluding hydrogens is 298 g/mol. The largest absolute Gasteiger partial charge is 0.337 e. The number of piperazine rings is 1. The zero-order valence-electron chi connectivity index (χ0n) is 12.9. The highest BCUT2D eigenvalue weighted by Gasteiger charge is 2.31. The van der Waals surface area contributed by atoms with E-state index in [0.717, 1.165) is 31.1 Å². The van der Waals surface area contributed by atoms with Gasteiger partial charge in [0.05, 0.1) is 11.7 Å². The number of thiophene rings is 1. The molecule has 0 aromatic carbocycles. The van der Waals surface area contributed by atoms with Gasteiger partial charge in [0, 0.05) is 44.5 Å². The molecule has 0 spiro atoms. The van der Waals surface area contributed by atoms with Gasteiger partial charge < -0.3 is 14.8 Å². The number of hydrogen-bond donors (Lipinski definition) is 1. The quantitative estimate of drug-likeness (QED) is 0.945. The summed E-state index contributed by atoms with van der Waals surface area (Å²) in [6, 6.07) is 2.03. The van der Waals surface area contributed by atoms with E-state index >= 15 is 0 Å². The van der Waals surface area contributed by atoms with E-state index in [1.165, 1.54) is 0 Å². The van der Waals surface area contributed by atoms with Gasteiger partial charge in [-0.25, -0.2) is 9.78 Å². The van der Waals surface area contributed by atoms with Crippen molar-refractivity contribution in [2.24, 2.45) is 7.05 Å². The van der Waals surface area contributed by atoms with Crippen molar-refractivity contribution in [1.29, 1.82) is 0 Å². The summed E-state index contributed by atoms with van der Waals surface area (Å²) in [5.41, 5.74) is 0.862. The van der Waals surface area contributed by atoms with E-state index in [2.05, 4.69) is 22.1 Å². The summed E-state index contributed by atoms with van der Waals surface area (Å²) in [6.45, 7) is 5.37. The van der Waals surface area contributed by atoms with Crippen molar-refractivity contribution in [3.8, 4) is 0 Å². The Kier molecular flexibility index (Phi) is 4.44. The number of aromatic nitrogens is 2. The first kappa shape index (κ1) is 15.1. The Morgan fingerprint density at radius 1 is 1.50 bits per heavy atom. The van der Waals surface area contributed by atoms with Gasteiger partial charge in [-0.15, -0.1) is 0 Å². The number of carbonyl (C=O) groups excluding carboxylic acids is 1. The number of rotatable bonds is 3. The fourth-order valence-corrected chi connectivity index (χ4v) is 3.45. The first-order chi connectivity index (χ1) is 10.7. The average Bonchev–Trinajstić information content (AvgIpc) is 3.18. The normalized spacial score (nSPS) is 19.4. The second-order valence-corrected chi connectivity index (χ2v) is 6.21. The summed E-state index contributed by atoms with van der Waals surface area (Å²) in [4.78, 5) is 21.2. The number of aryl methyl sites for hydroxylation is 1. The molecular formula is C15H21N5OS. The lowest BCUT2D eigenvalue weighted by molar-refractivity contribution is 0.0927. The Morgan fingerprint density at radius 2 is 2.36 bits per heavy atom. The third kappa shape index (κ3) is 3.00. The minimum absolute atomic E-state index is 0.0339. The van der Waals surface area contributed by atoms with Crippen LogP contribution in [0.2, 0.25) is 0 Å². The summed E-state index contributed by atoms with van der Waals surface area (Å²) in [5, 5.41) is 6.86. The van der Waals surface area contributed by atoms with E-state index in [0.29, 0.717) is 6.54 Å². The maximum atomic E-state index is 12.4. The molecule has 0 unspecified atom stereocenters. The van der Waals surface area contributed by atoms with Gasteiger partial charge in [0.1, 0.15) is 5.82 Å². The van der Waals surface area contributed by atoms with Crippen LogP contribution in [0, 0.1) is 0 Å². The van der Waals surface area contributed by atoms with Gasteiger partial charge in [-0.1, -0.05) is 6.92 Å². The standard InChI is InChI=1S/C15H21N5OS/c1-3-19-7-8-20(15(21)17-12-4-9-22-11-12)10-13(19)14-16-5-6-18(14)2/h4-6,9,11,13H,3,7-8,10H2,1-2H3,(H,17,21)/t13-/m0/s1. The van der Waals surface area contributed by atoms with Crippen molar-refractivity contribution in [2.75, 3.05) is 31.5 Å². The highest BCUT2D eigenvalue weighted by Crippen LogP contribution is 2.24. The van der Waals surface area contributed by atoms with E-state index in [-0.39, 0.29) is 12.1 Å². The number of urea groups is 1. The van der Waals surface area contributed by atoms with Gasteiger partial charge in [-0.05, 0) is 18.0 Å². The molecule has 6 nitrogen and oxygen atoms in total. The lowest BCUT2D eigenvalue weighted by atomic mass is 10.1. The van der Waals surface area contributed by atoms with Crippen LogP contribution in [-0.4, -0.2) is 51.6 Å². The molecule has 3 heterocycles. The second-order valence-electron chi connectivity index (χ2n) is 5.43. The van der Waals surface area contributed by atoms with Gasteiger partial charge in [0.2, 0.25) is 0 Å². The molecule has 2 aromatic rings. The summed E-state index contributed by atoms with van der Waals surface area (Å²) in [7, 11) is 2.00. The fraction of sp³-hybridized carbons (Fsp3) is 0.467. The molecule has 3 rings (SSSR count). The van der Waals surface area contributed by atoms with Crippen LogP contribution in [0.25, 0.3) is 0 Å². The topological polar surface area (TPSA) is 53.4 Å². The third-order valence-electron chi connectivity index (χ3n) is 4.11. The van der Waals surface area contributed by atoms with E-state index in [9.17, 15) is 4.79 Å².